The topological polar surface area (TPSA) is 49.4 Å². The third-order valence-electron chi connectivity index (χ3n) is 5.21. The van der Waals surface area contributed by atoms with Crippen LogP contribution < -0.4 is 10.2 Å². The maximum absolute atomic E-state index is 12.6. The molecule has 0 aromatic heterocycles. The molecule has 1 unspecified atom stereocenters. The highest BCUT2D eigenvalue weighted by molar-refractivity contribution is 6.33. The summed E-state index contributed by atoms with van der Waals surface area (Å²) in [5.74, 6) is 1.09. The summed E-state index contributed by atoms with van der Waals surface area (Å²) in [6, 6.07) is 7.64. The summed E-state index contributed by atoms with van der Waals surface area (Å²) in [4.78, 5) is 26.6. The highest BCUT2D eigenvalue weighted by Crippen LogP contribution is 2.44. The van der Waals surface area contributed by atoms with Crippen molar-refractivity contribution in [2.24, 2.45) is 17.8 Å². The van der Waals surface area contributed by atoms with Crippen LogP contribution in [-0.4, -0.2) is 24.4 Å². The van der Waals surface area contributed by atoms with Crippen molar-refractivity contribution in [2.45, 2.75) is 38.1 Å². The first-order chi connectivity index (χ1) is 11.1. The molecule has 2 aliphatic carbocycles. The van der Waals surface area contributed by atoms with Gasteiger partial charge in [-0.05, 0) is 49.7 Å². The Kier molecular flexibility index (Phi) is 3.80. The average Bonchev–Trinajstić information content (AvgIpc) is 3.44. The normalized spacial score (nSPS) is 24.3. The molecule has 2 saturated carbocycles. The molecule has 5 heteroatoms. The zero-order valence-electron chi connectivity index (χ0n) is 13.0. The summed E-state index contributed by atoms with van der Waals surface area (Å²) in [6.45, 7) is 0.427. The fourth-order valence-electron chi connectivity index (χ4n) is 3.60. The number of nitrogens with one attached hydrogen (secondary N) is 1. The van der Waals surface area contributed by atoms with E-state index in [4.69, 9.17) is 11.6 Å². The minimum atomic E-state index is -0.265. The second-order valence-corrected chi connectivity index (χ2v) is 7.47. The molecule has 1 heterocycles. The number of hydrogen-bond donors (Lipinski definition) is 1. The van der Waals surface area contributed by atoms with Gasteiger partial charge in [0.1, 0.15) is 0 Å². The molecule has 1 aromatic rings. The number of carbonyl (C=O) groups is 2. The third-order valence-corrected chi connectivity index (χ3v) is 5.53. The van der Waals surface area contributed by atoms with Crippen molar-refractivity contribution >= 4 is 29.1 Å². The highest BCUT2D eigenvalue weighted by Gasteiger charge is 2.44. The maximum atomic E-state index is 12.6. The average molecular weight is 333 g/mol. The molecule has 1 saturated heterocycles. The Morgan fingerprint density at radius 3 is 2.43 bits per heavy atom. The Bertz CT molecular complexity index is 628. The lowest BCUT2D eigenvalue weighted by Gasteiger charge is -2.21. The van der Waals surface area contributed by atoms with E-state index >= 15 is 0 Å². The summed E-state index contributed by atoms with van der Waals surface area (Å²) in [7, 11) is 0. The molecule has 3 aliphatic rings. The number of carbonyl (C=O) groups excluding carboxylic acids is 2. The standard InChI is InChI=1S/C18H21ClN2O2/c19-14-3-1-2-4-15(14)21-10-13(9-16(21)22)18(23)20-17(11-5-6-11)12-7-8-12/h1-4,11-13,17H,5-10H2,(H,20,23). The van der Waals surface area contributed by atoms with Gasteiger partial charge < -0.3 is 10.2 Å². The van der Waals surface area contributed by atoms with Gasteiger partial charge in [0.25, 0.3) is 0 Å². The Labute approximate surface area is 141 Å². The summed E-state index contributed by atoms with van der Waals surface area (Å²) >= 11 is 6.19. The van der Waals surface area contributed by atoms with Crippen molar-refractivity contribution in [1.82, 2.24) is 5.32 Å². The Balaban J connectivity index is 1.43. The molecule has 0 spiro atoms. The molecule has 23 heavy (non-hydrogen) atoms. The van der Waals surface area contributed by atoms with Crippen LogP contribution in [0.2, 0.25) is 5.02 Å². The quantitative estimate of drug-likeness (QED) is 0.901. The second-order valence-electron chi connectivity index (χ2n) is 7.07. The largest absolute Gasteiger partial charge is 0.353 e. The molecule has 0 radical (unpaired) electrons. The van der Waals surface area contributed by atoms with Crippen molar-refractivity contribution in [3.63, 3.8) is 0 Å². The van der Waals surface area contributed by atoms with E-state index in [2.05, 4.69) is 5.32 Å². The van der Waals surface area contributed by atoms with E-state index in [0.717, 1.165) is 0 Å². The second kappa shape index (κ2) is 5.82. The number of hydrogen-bond acceptors (Lipinski definition) is 2. The van der Waals surface area contributed by atoms with E-state index in [9.17, 15) is 9.59 Å². The number of para-hydroxylation sites is 1. The van der Waals surface area contributed by atoms with Gasteiger partial charge in [0.15, 0.2) is 0 Å². The molecular formula is C18H21ClN2O2. The predicted octanol–water partition coefficient (Wildman–Crippen LogP) is 3.00. The van der Waals surface area contributed by atoms with Gasteiger partial charge in [0.2, 0.25) is 11.8 Å². The number of amides is 2. The number of benzene rings is 1. The highest BCUT2D eigenvalue weighted by atomic mass is 35.5. The smallest absolute Gasteiger partial charge is 0.227 e. The van der Waals surface area contributed by atoms with Gasteiger partial charge in [-0.25, -0.2) is 0 Å². The van der Waals surface area contributed by atoms with Crippen LogP contribution in [0.15, 0.2) is 24.3 Å². The lowest BCUT2D eigenvalue weighted by atomic mass is 10.0. The van der Waals surface area contributed by atoms with Gasteiger partial charge >= 0.3 is 0 Å². The molecule has 1 N–H and O–H groups in total. The SMILES string of the molecule is O=C(NC(C1CC1)C1CC1)C1CC(=O)N(c2ccccc2Cl)C1. The lowest BCUT2D eigenvalue weighted by Crippen LogP contribution is -2.42. The van der Waals surface area contributed by atoms with Gasteiger partial charge in [0.05, 0.1) is 16.6 Å². The first kappa shape index (κ1) is 15.0. The molecule has 1 atom stereocenters. The molecule has 3 fully saturated rings. The Morgan fingerprint density at radius 1 is 1.17 bits per heavy atom. The molecule has 4 rings (SSSR count). The number of anilines is 1. The van der Waals surface area contributed by atoms with Gasteiger partial charge in [-0.3, -0.25) is 9.59 Å². The van der Waals surface area contributed by atoms with Gasteiger partial charge in [-0.2, -0.15) is 0 Å². The summed E-state index contributed by atoms with van der Waals surface area (Å²) < 4.78 is 0. The molecule has 1 aromatic carbocycles. The van der Waals surface area contributed by atoms with Gasteiger partial charge in [-0.15, -0.1) is 0 Å². The summed E-state index contributed by atoms with van der Waals surface area (Å²) in [6.07, 6.45) is 5.21. The number of rotatable bonds is 5. The first-order valence-electron chi connectivity index (χ1n) is 8.49. The number of halogens is 1. The zero-order chi connectivity index (χ0) is 16.0. The van der Waals surface area contributed by atoms with E-state index < -0.39 is 0 Å². The van der Waals surface area contributed by atoms with E-state index in [-0.39, 0.29) is 24.2 Å². The minimum Gasteiger partial charge on any atom is -0.353 e. The fourth-order valence-corrected chi connectivity index (χ4v) is 3.84. The Morgan fingerprint density at radius 2 is 1.83 bits per heavy atom. The summed E-state index contributed by atoms with van der Waals surface area (Å²) in [5.41, 5.74) is 0.704. The van der Waals surface area contributed by atoms with Crippen LogP contribution in [0.1, 0.15) is 32.1 Å². The van der Waals surface area contributed by atoms with Crippen LogP contribution >= 0.6 is 11.6 Å². The molecule has 0 bridgehead atoms. The van der Waals surface area contributed by atoms with E-state index in [1.54, 1.807) is 11.0 Å². The van der Waals surface area contributed by atoms with E-state index in [1.165, 1.54) is 25.7 Å². The van der Waals surface area contributed by atoms with Crippen LogP contribution in [0.5, 0.6) is 0 Å². The monoisotopic (exact) mass is 332 g/mol. The maximum Gasteiger partial charge on any atom is 0.227 e. The lowest BCUT2D eigenvalue weighted by molar-refractivity contribution is -0.127. The van der Waals surface area contributed by atoms with Crippen molar-refractivity contribution in [3.8, 4) is 0 Å². The van der Waals surface area contributed by atoms with Crippen LogP contribution in [0.4, 0.5) is 5.69 Å². The van der Waals surface area contributed by atoms with E-state index in [1.807, 2.05) is 18.2 Å². The molecule has 2 amide bonds. The fraction of sp³-hybridized carbons (Fsp3) is 0.556. The van der Waals surface area contributed by atoms with Crippen molar-refractivity contribution in [1.29, 1.82) is 0 Å². The van der Waals surface area contributed by atoms with Crippen LogP contribution in [0, 0.1) is 17.8 Å². The van der Waals surface area contributed by atoms with E-state index in [0.29, 0.717) is 35.1 Å². The number of nitrogens with zero attached hydrogens (tertiary/aromatic N) is 1. The van der Waals surface area contributed by atoms with Gasteiger partial charge in [-0.1, -0.05) is 23.7 Å². The molecule has 1 aliphatic heterocycles. The molecular weight excluding hydrogens is 312 g/mol. The van der Waals surface area contributed by atoms with Gasteiger partial charge in [0, 0.05) is 19.0 Å². The molecule has 4 nitrogen and oxygen atoms in total. The molecule has 122 valence electrons. The zero-order valence-corrected chi connectivity index (χ0v) is 13.8. The minimum absolute atomic E-state index is 0.0207. The van der Waals surface area contributed by atoms with Crippen molar-refractivity contribution in [3.05, 3.63) is 29.3 Å². The van der Waals surface area contributed by atoms with Crippen LogP contribution in [-0.2, 0) is 9.59 Å². The third kappa shape index (κ3) is 3.09. The van der Waals surface area contributed by atoms with Crippen molar-refractivity contribution in [2.75, 3.05) is 11.4 Å². The van der Waals surface area contributed by atoms with Crippen molar-refractivity contribution < 1.29 is 9.59 Å². The van der Waals surface area contributed by atoms with Crippen LogP contribution in [0.25, 0.3) is 0 Å². The summed E-state index contributed by atoms with van der Waals surface area (Å²) in [5, 5.41) is 3.79. The van der Waals surface area contributed by atoms with Crippen LogP contribution in [0.3, 0.4) is 0 Å². The first-order valence-corrected chi connectivity index (χ1v) is 8.86. The predicted molar refractivity (Wildman–Crippen MR) is 89.3 cm³/mol. The Hall–Kier alpha value is -1.55.